The molecule has 2 nitrogen and oxygen atoms in total. The second-order valence-corrected chi connectivity index (χ2v) is 5.37. The highest BCUT2D eigenvalue weighted by Gasteiger charge is 2.31. The Balaban J connectivity index is 2.24. The molecule has 100 valence electrons. The van der Waals surface area contributed by atoms with Gasteiger partial charge in [0, 0.05) is 23.6 Å². The van der Waals surface area contributed by atoms with Crippen LogP contribution in [0.5, 0.6) is 0 Å². The van der Waals surface area contributed by atoms with E-state index in [1.807, 2.05) is 4.90 Å². The quantitative estimate of drug-likeness (QED) is 0.858. The van der Waals surface area contributed by atoms with Gasteiger partial charge in [-0.2, -0.15) is 13.2 Å². The Morgan fingerprint density at radius 3 is 2.61 bits per heavy atom. The molecule has 0 spiro atoms. The van der Waals surface area contributed by atoms with Crippen LogP contribution in [0.3, 0.4) is 0 Å². The van der Waals surface area contributed by atoms with E-state index in [9.17, 15) is 13.2 Å². The first kappa shape index (κ1) is 13.7. The molecule has 0 unspecified atom stereocenters. The van der Waals surface area contributed by atoms with Gasteiger partial charge in [0.1, 0.15) is 0 Å². The molecule has 1 aromatic carbocycles. The summed E-state index contributed by atoms with van der Waals surface area (Å²) in [5.41, 5.74) is 6.01. The Labute approximate surface area is 112 Å². The lowest BCUT2D eigenvalue weighted by Gasteiger charge is -2.33. The summed E-state index contributed by atoms with van der Waals surface area (Å²) in [5, 5.41) is 0. The Hall–Kier alpha value is -0.750. The SMILES string of the molecule is N[C@@H]1CCCN(c2ccc(C(F)(F)F)cc2Br)C1. The van der Waals surface area contributed by atoms with Crippen LogP contribution in [-0.4, -0.2) is 19.1 Å². The van der Waals surface area contributed by atoms with Gasteiger partial charge in [-0.3, -0.25) is 0 Å². The van der Waals surface area contributed by atoms with Gasteiger partial charge in [0.05, 0.1) is 11.3 Å². The number of hydrogen-bond acceptors (Lipinski definition) is 2. The van der Waals surface area contributed by atoms with Gasteiger partial charge >= 0.3 is 6.18 Å². The van der Waals surface area contributed by atoms with Crippen LogP contribution in [0.4, 0.5) is 18.9 Å². The summed E-state index contributed by atoms with van der Waals surface area (Å²) in [5.74, 6) is 0. The zero-order valence-electron chi connectivity index (χ0n) is 9.67. The van der Waals surface area contributed by atoms with Gasteiger partial charge < -0.3 is 10.6 Å². The molecule has 0 amide bonds. The highest BCUT2D eigenvalue weighted by Crippen LogP contribution is 2.35. The molecule has 0 aromatic heterocycles. The third-order valence-corrected chi connectivity index (χ3v) is 3.71. The van der Waals surface area contributed by atoms with Crippen LogP contribution < -0.4 is 10.6 Å². The van der Waals surface area contributed by atoms with E-state index >= 15 is 0 Å². The maximum absolute atomic E-state index is 12.5. The monoisotopic (exact) mass is 322 g/mol. The van der Waals surface area contributed by atoms with E-state index in [4.69, 9.17) is 5.73 Å². The number of hydrogen-bond donors (Lipinski definition) is 1. The Morgan fingerprint density at radius 2 is 2.06 bits per heavy atom. The second kappa shape index (κ2) is 5.09. The number of rotatable bonds is 1. The normalized spacial score (nSPS) is 21.2. The number of anilines is 1. The summed E-state index contributed by atoms with van der Waals surface area (Å²) in [6.45, 7) is 1.52. The van der Waals surface area contributed by atoms with Crippen LogP contribution in [0.1, 0.15) is 18.4 Å². The summed E-state index contributed by atoms with van der Waals surface area (Å²) < 4.78 is 38.1. The van der Waals surface area contributed by atoms with Crippen molar-refractivity contribution in [2.24, 2.45) is 5.73 Å². The Bertz CT molecular complexity index is 434. The van der Waals surface area contributed by atoms with Gasteiger partial charge in [0.25, 0.3) is 0 Å². The molecule has 2 N–H and O–H groups in total. The van der Waals surface area contributed by atoms with E-state index in [2.05, 4.69) is 15.9 Å². The Kier molecular flexibility index (Phi) is 3.87. The smallest absolute Gasteiger partial charge is 0.369 e. The molecule has 6 heteroatoms. The van der Waals surface area contributed by atoms with Crippen molar-refractivity contribution in [3.63, 3.8) is 0 Å². The zero-order chi connectivity index (χ0) is 13.3. The Morgan fingerprint density at radius 1 is 1.33 bits per heavy atom. The van der Waals surface area contributed by atoms with Crippen LogP contribution in [0.25, 0.3) is 0 Å². The van der Waals surface area contributed by atoms with E-state index in [0.717, 1.165) is 37.2 Å². The molecule has 1 aromatic rings. The van der Waals surface area contributed by atoms with Crippen molar-refractivity contribution in [3.8, 4) is 0 Å². The van der Waals surface area contributed by atoms with Gasteiger partial charge in [0.15, 0.2) is 0 Å². The maximum atomic E-state index is 12.5. The van der Waals surface area contributed by atoms with Gasteiger partial charge in [0.2, 0.25) is 0 Å². The fourth-order valence-electron chi connectivity index (χ4n) is 2.17. The van der Waals surface area contributed by atoms with Gasteiger partial charge in [-0.05, 0) is 47.0 Å². The molecule has 0 aliphatic carbocycles. The van der Waals surface area contributed by atoms with Gasteiger partial charge in [-0.15, -0.1) is 0 Å². The third kappa shape index (κ3) is 2.98. The summed E-state index contributed by atoms with van der Waals surface area (Å²) in [7, 11) is 0. The summed E-state index contributed by atoms with van der Waals surface area (Å²) in [6, 6.07) is 3.83. The minimum absolute atomic E-state index is 0.0907. The van der Waals surface area contributed by atoms with Crippen LogP contribution in [0.2, 0.25) is 0 Å². The number of piperidine rings is 1. The maximum Gasteiger partial charge on any atom is 0.416 e. The molecule has 2 rings (SSSR count). The molecule has 1 atom stereocenters. The van der Waals surface area contributed by atoms with E-state index < -0.39 is 11.7 Å². The molecule has 1 heterocycles. The van der Waals surface area contributed by atoms with Crippen molar-refractivity contribution in [1.82, 2.24) is 0 Å². The largest absolute Gasteiger partial charge is 0.416 e. The molecule has 1 saturated heterocycles. The topological polar surface area (TPSA) is 29.3 Å². The minimum atomic E-state index is -4.31. The standard InChI is InChI=1S/C12H14BrF3N2/c13-10-6-8(12(14,15)16)3-4-11(10)18-5-1-2-9(17)7-18/h3-4,6,9H,1-2,5,7,17H2/t9-/m1/s1. The van der Waals surface area contributed by atoms with Gasteiger partial charge in [-0.25, -0.2) is 0 Å². The molecular formula is C12H14BrF3N2. The number of nitrogens with zero attached hydrogens (tertiary/aromatic N) is 1. The van der Waals surface area contributed by atoms with E-state index in [-0.39, 0.29) is 6.04 Å². The molecule has 0 radical (unpaired) electrons. The average molecular weight is 323 g/mol. The predicted octanol–water partition coefficient (Wildman–Crippen LogP) is 3.40. The van der Waals surface area contributed by atoms with Crippen molar-refractivity contribution in [2.75, 3.05) is 18.0 Å². The zero-order valence-corrected chi connectivity index (χ0v) is 11.3. The lowest BCUT2D eigenvalue weighted by Crippen LogP contribution is -2.43. The fourth-order valence-corrected chi connectivity index (χ4v) is 2.80. The van der Waals surface area contributed by atoms with Crippen molar-refractivity contribution in [2.45, 2.75) is 25.1 Å². The van der Waals surface area contributed by atoms with E-state index in [0.29, 0.717) is 11.0 Å². The van der Waals surface area contributed by atoms with E-state index in [1.54, 1.807) is 0 Å². The highest BCUT2D eigenvalue weighted by atomic mass is 79.9. The molecule has 0 bridgehead atoms. The predicted molar refractivity (Wildman–Crippen MR) is 68.6 cm³/mol. The lowest BCUT2D eigenvalue weighted by molar-refractivity contribution is -0.137. The van der Waals surface area contributed by atoms with Gasteiger partial charge in [-0.1, -0.05) is 0 Å². The second-order valence-electron chi connectivity index (χ2n) is 4.51. The molecule has 1 fully saturated rings. The number of halogens is 4. The highest BCUT2D eigenvalue weighted by molar-refractivity contribution is 9.10. The van der Waals surface area contributed by atoms with Crippen molar-refractivity contribution < 1.29 is 13.2 Å². The third-order valence-electron chi connectivity index (χ3n) is 3.07. The van der Waals surface area contributed by atoms with Crippen molar-refractivity contribution >= 4 is 21.6 Å². The van der Waals surface area contributed by atoms with Crippen molar-refractivity contribution in [3.05, 3.63) is 28.2 Å². The van der Waals surface area contributed by atoms with Crippen LogP contribution in [-0.2, 0) is 6.18 Å². The summed E-state index contributed by atoms with van der Waals surface area (Å²) in [4.78, 5) is 2.03. The average Bonchev–Trinajstić information content (AvgIpc) is 2.27. The number of nitrogens with two attached hydrogens (primary N) is 1. The summed E-state index contributed by atoms with van der Waals surface area (Å²) in [6.07, 6.45) is -2.37. The number of alkyl halides is 3. The molecule has 18 heavy (non-hydrogen) atoms. The summed E-state index contributed by atoms with van der Waals surface area (Å²) >= 11 is 3.21. The number of benzene rings is 1. The fraction of sp³-hybridized carbons (Fsp3) is 0.500. The molecular weight excluding hydrogens is 309 g/mol. The first-order valence-corrected chi connectivity index (χ1v) is 6.54. The van der Waals surface area contributed by atoms with Crippen LogP contribution >= 0.6 is 15.9 Å². The van der Waals surface area contributed by atoms with Crippen LogP contribution in [0.15, 0.2) is 22.7 Å². The molecule has 0 saturated carbocycles. The van der Waals surface area contributed by atoms with E-state index in [1.165, 1.54) is 6.07 Å². The first-order chi connectivity index (χ1) is 8.38. The molecule has 1 aliphatic heterocycles. The van der Waals surface area contributed by atoms with Crippen LogP contribution in [0, 0.1) is 0 Å². The first-order valence-electron chi connectivity index (χ1n) is 5.75. The lowest BCUT2D eigenvalue weighted by atomic mass is 10.1. The minimum Gasteiger partial charge on any atom is -0.369 e. The molecule has 1 aliphatic rings. The van der Waals surface area contributed by atoms with Crippen molar-refractivity contribution in [1.29, 1.82) is 0 Å².